The van der Waals surface area contributed by atoms with E-state index in [9.17, 15) is 19.8 Å². The van der Waals surface area contributed by atoms with Crippen LogP contribution < -0.4 is 9.47 Å². The predicted molar refractivity (Wildman–Crippen MR) is 113 cm³/mol. The van der Waals surface area contributed by atoms with E-state index in [0.29, 0.717) is 35.6 Å². The van der Waals surface area contributed by atoms with E-state index < -0.39 is 17.7 Å². The van der Waals surface area contributed by atoms with Crippen LogP contribution in [0.25, 0.3) is 5.76 Å². The van der Waals surface area contributed by atoms with Crippen LogP contribution in [0.2, 0.25) is 0 Å². The van der Waals surface area contributed by atoms with Crippen LogP contribution in [0.3, 0.4) is 0 Å². The number of aliphatic hydroxyl groups excluding tert-OH is 1. The highest BCUT2D eigenvalue weighted by Gasteiger charge is 2.46. The molecular formula is C23H24N2O6. The van der Waals surface area contributed by atoms with Crippen molar-refractivity contribution in [1.29, 1.82) is 0 Å². The lowest BCUT2D eigenvalue weighted by atomic mass is 9.95. The lowest BCUT2D eigenvalue weighted by Crippen LogP contribution is -2.32. The minimum atomic E-state index is -0.806. The summed E-state index contributed by atoms with van der Waals surface area (Å²) in [6.45, 7) is 1.15. The van der Waals surface area contributed by atoms with Crippen molar-refractivity contribution in [3.63, 3.8) is 0 Å². The SMILES string of the molecule is CN(C)CCCN1C(=O)C(=O)/C(=C(\O)c2ccc3c(c2)OCO3)C1c1cccc(O)c1. The molecule has 2 aromatic carbocycles. The summed E-state index contributed by atoms with van der Waals surface area (Å²) in [7, 11) is 3.86. The lowest BCUT2D eigenvalue weighted by molar-refractivity contribution is -0.139. The molecule has 0 bridgehead atoms. The number of rotatable bonds is 6. The molecule has 1 saturated heterocycles. The summed E-state index contributed by atoms with van der Waals surface area (Å²) in [6, 6.07) is 10.4. The number of phenolic OH excluding ortho intramolecular Hbond substituents is 1. The number of ether oxygens (including phenoxy) is 2. The van der Waals surface area contributed by atoms with E-state index in [1.54, 1.807) is 30.3 Å². The van der Waals surface area contributed by atoms with Crippen molar-refractivity contribution in [2.24, 2.45) is 0 Å². The molecule has 2 aliphatic rings. The Hall–Kier alpha value is -3.52. The molecule has 8 nitrogen and oxygen atoms in total. The Labute approximate surface area is 179 Å². The van der Waals surface area contributed by atoms with Gasteiger partial charge in [-0.25, -0.2) is 0 Å². The number of Topliss-reactive ketones (excluding diaryl/α,β-unsaturated/α-hetero) is 1. The number of hydrogen-bond acceptors (Lipinski definition) is 7. The van der Waals surface area contributed by atoms with Crippen LogP contribution in [0.4, 0.5) is 0 Å². The van der Waals surface area contributed by atoms with Gasteiger partial charge >= 0.3 is 0 Å². The van der Waals surface area contributed by atoms with E-state index in [2.05, 4.69) is 0 Å². The van der Waals surface area contributed by atoms with Crippen LogP contribution in [-0.4, -0.2) is 65.7 Å². The Balaban J connectivity index is 1.79. The first kappa shape index (κ1) is 20.7. The van der Waals surface area contributed by atoms with Crippen LogP contribution in [0.5, 0.6) is 17.2 Å². The molecule has 0 radical (unpaired) electrons. The maximum atomic E-state index is 13.0. The van der Waals surface area contributed by atoms with E-state index in [1.165, 1.54) is 17.0 Å². The largest absolute Gasteiger partial charge is 0.508 e. The second kappa shape index (κ2) is 8.31. The highest BCUT2D eigenvalue weighted by molar-refractivity contribution is 6.46. The van der Waals surface area contributed by atoms with Crippen molar-refractivity contribution in [3.8, 4) is 17.2 Å². The van der Waals surface area contributed by atoms with Crippen LogP contribution in [0.15, 0.2) is 48.0 Å². The summed E-state index contributed by atoms with van der Waals surface area (Å²) >= 11 is 0. The Morgan fingerprint density at radius 2 is 1.90 bits per heavy atom. The Morgan fingerprint density at radius 1 is 1.13 bits per heavy atom. The molecule has 162 valence electrons. The predicted octanol–water partition coefficient (Wildman–Crippen LogP) is 2.49. The number of hydrogen-bond donors (Lipinski definition) is 2. The van der Waals surface area contributed by atoms with Gasteiger partial charge in [-0.1, -0.05) is 12.1 Å². The van der Waals surface area contributed by atoms with E-state index in [4.69, 9.17) is 9.47 Å². The first-order valence-electron chi connectivity index (χ1n) is 9.99. The zero-order chi connectivity index (χ0) is 22.1. The summed E-state index contributed by atoms with van der Waals surface area (Å²) in [5.74, 6) is -0.703. The molecule has 31 heavy (non-hydrogen) atoms. The van der Waals surface area contributed by atoms with Gasteiger partial charge in [-0.2, -0.15) is 0 Å². The number of fused-ring (bicyclic) bond motifs is 1. The van der Waals surface area contributed by atoms with Crippen molar-refractivity contribution in [2.75, 3.05) is 34.0 Å². The van der Waals surface area contributed by atoms with Gasteiger partial charge in [0.05, 0.1) is 11.6 Å². The van der Waals surface area contributed by atoms with E-state index in [-0.39, 0.29) is 23.9 Å². The smallest absolute Gasteiger partial charge is 0.295 e. The molecule has 2 heterocycles. The fourth-order valence-corrected chi connectivity index (χ4v) is 3.91. The fraction of sp³-hybridized carbons (Fsp3) is 0.304. The third kappa shape index (κ3) is 3.94. The Kier molecular flexibility index (Phi) is 5.56. The molecule has 2 aliphatic heterocycles. The minimum absolute atomic E-state index is 0.0134. The Bertz CT molecular complexity index is 1060. The number of aliphatic hydroxyl groups is 1. The van der Waals surface area contributed by atoms with Crippen LogP contribution in [0, 0.1) is 0 Å². The molecule has 4 rings (SSSR count). The third-order valence-electron chi connectivity index (χ3n) is 5.38. The summed E-state index contributed by atoms with van der Waals surface area (Å²) in [5.41, 5.74) is 0.881. The van der Waals surface area contributed by atoms with Gasteiger partial charge in [0, 0.05) is 12.1 Å². The van der Waals surface area contributed by atoms with Crippen LogP contribution in [-0.2, 0) is 9.59 Å². The Morgan fingerprint density at radius 3 is 2.65 bits per heavy atom. The van der Waals surface area contributed by atoms with Gasteiger partial charge in [-0.15, -0.1) is 0 Å². The molecule has 1 amide bonds. The molecule has 1 fully saturated rings. The number of carbonyl (C=O) groups excluding carboxylic acids is 2. The van der Waals surface area contributed by atoms with Gasteiger partial charge in [-0.3, -0.25) is 9.59 Å². The topological polar surface area (TPSA) is 99.5 Å². The van der Waals surface area contributed by atoms with Gasteiger partial charge < -0.3 is 29.5 Å². The maximum Gasteiger partial charge on any atom is 0.295 e. The molecule has 1 unspecified atom stereocenters. The summed E-state index contributed by atoms with van der Waals surface area (Å²) in [6.07, 6.45) is 0.652. The second-order valence-electron chi connectivity index (χ2n) is 7.81. The third-order valence-corrected chi connectivity index (χ3v) is 5.38. The van der Waals surface area contributed by atoms with Crippen molar-refractivity contribution >= 4 is 17.4 Å². The standard InChI is InChI=1S/C23H24N2O6/c1-24(2)9-4-10-25-20(14-5-3-6-16(26)11-14)19(22(28)23(25)29)21(27)15-7-8-17-18(12-15)31-13-30-17/h3,5-8,11-12,20,26-27H,4,9-10,13H2,1-2H3/b21-19-. The fourth-order valence-electron chi connectivity index (χ4n) is 3.91. The van der Waals surface area contributed by atoms with Gasteiger partial charge in [0.1, 0.15) is 11.5 Å². The summed E-state index contributed by atoms with van der Waals surface area (Å²) in [4.78, 5) is 29.3. The molecule has 0 spiro atoms. The number of carbonyl (C=O) groups is 2. The average molecular weight is 424 g/mol. The monoisotopic (exact) mass is 424 g/mol. The van der Waals surface area contributed by atoms with E-state index >= 15 is 0 Å². The molecule has 2 aromatic rings. The zero-order valence-corrected chi connectivity index (χ0v) is 17.4. The summed E-state index contributed by atoms with van der Waals surface area (Å²) in [5, 5.41) is 21.1. The first-order valence-corrected chi connectivity index (χ1v) is 9.99. The number of nitrogens with zero attached hydrogens (tertiary/aromatic N) is 2. The average Bonchev–Trinajstić information content (AvgIpc) is 3.30. The highest BCUT2D eigenvalue weighted by Crippen LogP contribution is 2.41. The van der Waals surface area contributed by atoms with Crippen molar-refractivity contribution in [3.05, 3.63) is 59.2 Å². The summed E-state index contributed by atoms with van der Waals surface area (Å²) < 4.78 is 10.7. The molecule has 0 aromatic heterocycles. The number of aromatic hydroxyl groups is 1. The number of phenols is 1. The van der Waals surface area contributed by atoms with Gasteiger partial charge in [0.25, 0.3) is 11.7 Å². The normalized spacial score (nSPS) is 19.5. The van der Waals surface area contributed by atoms with Gasteiger partial charge in [-0.05, 0) is 63.0 Å². The molecule has 0 aliphatic carbocycles. The first-order chi connectivity index (χ1) is 14.9. The molecule has 2 N–H and O–H groups in total. The zero-order valence-electron chi connectivity index (χ0n) is 17.4. The van der Waals surface area contributed by atoms with Crippen molar-refractivity contribution in [1.82, 2.24) is 9.80 Å². The molecule has 8 heteroatoms. The number of likely N-dealkylation sites (tertiary alicyclic amines) is 1. The lowest BCUT2D eigenvalue weighted by Gasteiger charge is -2.26. The quantitative estimate of drug-likeness (QED) is 0.418. The molecule has 0 saturated carbocycles. The number of amides is 1. The van der Waals surface area contributed by atoms with E-state index in [1.807, 2.05) is 19.0 Å². The molecular weight excluding hydrogens is 400 g/mol. The maximum absolute atomic E-state index is 13.0. The van der Waals surface area contributed by atoms with Crippen LogP contribution in [0.1, 0.15) is 23.6 Å². The number of ketones is 1. The number of benzene rings is 2. The van der Waals surface area contributed by atoms with Crippen LogP contribution >= 0.6 is 0 Å². The highest BCUT2D eigenvalue weighted by atomic mass is 16.7. The minimum Gasteiger partial charge on any atom is -0.508 e. The second-order valence-corrected chi connectivity index (χ2v) is 7.81. The van der Waals surface area contributed by atoms with Gasteiger partial charge in [0.15, 0.2) is 11.5 Å². The van der Waals surface area contributed by atoms with Crippen molar-refractivity contribution < 1.29 is 29.3 Å². The van der Waals surface area contributed by atoms with Crippen molar-refractivity contribution in [2.45, 2.75) is 12.5 Å². The van der Waals surface area contributed by atoms with Gasteiger partial charge in [0.2, 0.25) is 6.79 Å². The van der Waals surface area contributed by atoms with E-state index in [0.717, 1.165) is 6.54 Å². The molecule has 1 atom stereocenters.